The van der Waals surface area contributed by atoms with Gasteiger partial charge >= 0.3 is 6.03 Å². The van der Waals surface area contributed by atoms with Gasteiger partial charge in [0, 0.05) is 31.7 Å². The number of imide groups is 1. The molecule has 0 saturated carbocycles. The number of piperidine rings is 1. The lowest BCUT2D eigenvalue weighted by Crippen LogP contribution is -2.54. The number of nitrogens with two attached hydrogens (primary N) is 1. The average Bonchev–Trinajstić information content (AvgIpc) is 3.55. The molecule has 2 fully saturated rings. The number of hydrogen-bond donors (Lipinski definition) is 5. The van der Waals surface area contributed by atoms with Crippen molar-refractivity contribution in [3.63, 3.8) is 0 Å². The molecule has 0 radical (unpaired) electrons. The molecule has 1 spiro atoms. The maximum absolute atomic E-state index is 12.0. The van der Waals surface area contributed by atoms with Crippen molar-refractivity contribution in [2.45, 2.75) is 51.2 Å². The zero-order chi connectivity index (χ0) is 33.2. The Morgan fingerprint density at radius 3 is 2.56 bits per heavy atom. The Morgan fingerprint density at radius 1 is 1.27 bits per heavy atom. The van der Waals surface area contributed by atoms with E-state index in [2.05, 4.69) is 37.8 Å². The lowest BCUT2D eigenvalue weighted by molar-refractivity contribution is -0.124. The summed E-state index contributed by atoms with van der Waals surface area (Å²) < 4.78 is 5.09. The van der Waals surface area contributed by atoms with E-state index in [0.717, 1.165) is 30.0 Å². The number of aromatic nitrogens is 2. The van der Waals surface area contributed by atoms with E-state index < -0.39 is 17.1 Å². The predicted molar refractivity (Wildman–Crippen MR) is 166 cm³/mol. The second-order valence-electron chi connectivity index (χ2n) is 10.8. The van der Waals surface area contributed by atoms with E-state index >= 15 is 0 Å². The van der Waals surface area contributed by atoms with E-state index in [9.17, 15) is 19.2 Å². The molecular formula is C30H39N9O6. The van der Waals surface area contributed by atoms with Gasteiger partial charge in [0.1, 0.15) is 23.9 Å². The van der Waals surface area contributed by atoms with Crippen LogP contribution in [0.25, 0.3) is 0 Å². The Kier molecular flexibility index (Phi) is 11.4. The number of nitrogens with zero attached hydrogens (tertiary/aromatic N) is 4. The monoisotopic (exact) mass is 621 g/mol. The number of fused-ring (bicyclic) bond motifs is 1. The predicted octanol–water partition coefficient (Wildman–Crippen LogP) is 0.146. The van der Waals surface area contributed by atoms with E-state index in [-0.39, 0.29) is 17.6 Å². The zero-order valence-electron chi connectivity index (χ0n) is 25.9. The zero-order valence-corrected chi connectivity index (χ0v) is 25.9. The molecule has 5 rings (SSSR count). The first-order chi connectivity index (χ1) is 21.5. The summed E-state index contributed by atoms with van der Waals surface area (Å²) in [6.45, 7) is 10.6. The first-order valence-corrected chi connectivity index (χ1v) is 14.2. The Morgan fingerprint density at radius 2 is 1.98 bits per heavy atom. The smallest absolute Gasteiger partial charge is 0.322 e. The molecule has 240 valence electrons. The maximum atomic E-state index is 12.0. The number of ether oxygens (including phenoxy) is 1. The summed E-state index contributed by atoms with van der Waals surface area (Å²) in [6.07, 6.45) is 3.15. The molecular weight excluding hydrogens is 582 g/mol. The van der Waals surface area contributed by atoms with Crippen molar-refractivity contribution in [3.8, 4) is 17.6 Å². The van der Waals surface area contributed by atoms with Gasteiger partial charge in [-0.05, 0) is 51.3 Å². The van der Waals surface area contributed by atoms with Gasteiger partial charge in [0.15, 0.2) is 0 Å². The van der Waals surface area contributed by atoms with E-state index in [1.165, 1.54) is 6.20 Å². The van der Waals surface area contributed by atoms with Gasteiger partial charge in [0.25, 0.3) is 5.91 Å². The summed E-state index contributed by atoms with van der Waals surface area (Å²) in [4.78, 5) is 66.1. The molecule has 0 aliphatic carbocycles. The summed E-state index contributed by atoms with van der Waals surface area (Å²) in [5, 5.41) is 10.6. The quantitative estimate of drug-likeness (QED) is 0.225. The molecule has 0 unspecified atom stereocenters. The number of urea groups is 1. The molecule has 15 nitrogen and oxygen atoms in total. The highest BCUT2D eigenvalue weighted by Crippen LogP contribution is 2.28. The molecule has 45 heavy (non-hydrogen) atoms. The van der Waals surface area contributed by atoms with E-state index in [0.29, 0.717) is 50.5 Å². The fourth-order valence-electron chi connectivity index (χ4n) is 5.02. The highest BCUT2D eigenvalue weighted by Gasteiger charge is 2.44. The highest BCUT2D eigenvalue weighted by molar-refractivity contribution is 5.98. The normalized spacial score (nSPS) is 16.1. The van der Waals surface area contributed by atoms with Gasteiger partial charge < -0.3 is 35.7 Å². The third-order valence-corrected chi connectivity index (χ3v) is 7.52. The molecule has 5 amide bonds. The van der Waals surface area contributed by atoms with Gasteiger partial charge in [0.05, 0.1) is 31.1 Å². The minimum atomic E-state index is -0.895. The van der Waals surface area contributed by atoms with Crippen LogP contribution in [0.3, 0.4) is 0 Å². The number of rotatable bonds is 5. The molecule has 4 heterocycles. The highest BCUT2D eigenvalue weighted by atomic mass is 16.5. The third kappa shape index (κ3) is 8.24. The van der Waals surface area contributed by atoms with Crippen molar-refractivity contribution in [2.75, 3.05) is 44.0 Å². The van der Waals surface area contributed by atoms with Crippen LogP contribution >= 0.6 is 0 Å². The van der Waals surface area contributed by atoms with Gasteiger partial charge in [0.2, 0.25) is 18.3 Å². The van der Waals surface area contributed by atoms with Crippen molar-refractivity contribution >= 4 is 42.8 Å². The first kappa shape index (κ1) is 34.3. The number of benzene rings is 1. The average molecular weight is 622 g/mol. The number of nitrogens with one attached hydrogen (secondary N) is 4. The number of carbonyl (C=O) groups excluding carboxylic acids is 5. The van der Waals surface area contributed by atoms with Crippen LogP contribution in [-0.2, 0) is 20.9 Å². The largest absolute Gasteiger partial charge is 0.497 e. The Hall–Kier alpha value is -5.23. The van der Waals surface area contributed by atoms with Crippen LogP contribution in [0.15, 0.2) is 24.4 Å². The molecule has 1 aromatic heterocycles. The summed E-state index contributed by atoms with van der Waals surface area (Å²) in [6, 6.07) is 5.02. The lowest BCUT2D eigenvalue weighted by Gasteiger charge is -2.37. The Bertz CT molecular complexity index is 1480. The molecule has 3 aliphatic rings. The SMILES string of the molecule is C=O.CC(C)(C#Cc1cnc(N2CCC3(CC2)NCNC3=O)nc1N)NC(=O)NC=O.CCN1Cc2ccc(OC)cc2C1=O. The van der Waals surface area contributed by atoms with Gasteiger partial charge in [-0.15, -0.1) is 0 Å². The van der Waals surface area contributed by atoms with Gasteiger partial charge in [-0.2, -0.15) is 4.98 Å². The van der Waals surface area contributed by atoms with Crippen LogP contribution in [-0.4, -0.2) is 90.4 Å². The van der Waals surface area contributed by atoms with Crippen LogP contribution in [0.2, 0.25) is 0 Å². The third-order valence-electron chi connectivity index (χ3n) is 7.52. The maximum Gasteiger partial charge on any atom is 0.322 e. The summed E-state index contributed by atoms with van der Waals surface area (Å²) in [5.74, 6) is 7.36. The van der Waals surface area contributed by atoms with E-state index in [1.54, 1.807) is 21.0 Å². The van der Waals surface area contributed by atoms with Gasteiger partial charge in [-0.3, -0.25) is 25.0 Å². The lowest BCUT2D eigenvalue weighted by atomic mass is 9.88. The summed E-state index contributed by atoms with van der Waals surface area (Å²) >= 11 is 0. The van der Waals surface area contributed by atoms with Crippen LogP contribution in [0.4, 0.5) is 16.6 Å². The number of amides is 5. The minimum absolute atomic E-state index is 0.0428. The molecule has 2 aromatic rings. The van der Waals surface area contributed by atoms with Crippen molar-refractivity contribution in [1.82, 2.24) is 36.1 Å². The van der Waals surface area contributed by atoms with Crippen molar-refractivity contribution in [2.24, 2.45) is 0 Å². The summed E-state index contributed by atoms with van der Waals surface area (Å²) in [5.41, 5.74) is 6.96. The number of methoxy groups -OCH3 is 1. The molecule has 6 N–H and O–H groups in total. The fourth-order valence-corrected chi connectivity index (χ4v) is 5.02. The van der Waals surface area contributed by atoms with Crippen molar-refractivity contribution < 1.29 is 28.7 Å². The van der Waals surface area contributed by atoms with Crippen LogP contribution in [0.5, 0.6) is 5.75 Å². The van der Waals surface area contributed by atoms with E-state index in [1.807, 2.05) is 47.0 Å². The van der Waals surface area contributed by atoms with Crippen molar-refractivity contribution in [1.29, 1.82) is 0 Å². The molecule has 15 heteroatoms. The molecule has 0 atom stereocenters. The van der Waals surface area contributed by atoms with E-state index in [4.69, 9.17) is 15.3 Å². The number of hydrogen-bond acceptors (Lipinski definition) is 11. The Labute approximate surface area is 261 Å². The van der Waals surface area contributed by atoms with Crippen molar-refractivity contribution in [3.05, 3.63) is 41.1 Å². The molecule has 1 aromatic carbocycles. The standard InChI is InChI=1S/C18H24N8O3.C11H13NO2.CH2O/c1-17(2,25-16(29)22-11-27)4-3-12-9-20-15(24-13(12)19)26-7-5-18(6-8-26)14(28)21-10-23-18;1-3-12-7-8-4-5-9(14-2)6-10(8)11(12)13;1-2/h9,11,23H,5-8,10H2,1-2H3,(H,21,28)(H2,19,20,24)(H2,22,25,27,29);4-6H,3,7H2,1-2H3;1H2. The first-order valence-electron chi connectivity index (χ1n) is 14.2. The minimum Gasteiger partial charge on any atom is -0.497 e. The molecule has 2 saturated heterocycles. The topological polar surface area (TPSA) is 201 Å². The number of carbonyl (C=O) groups is 5. The van der Waals surface area contributed by atoms with Crippen LogP contribution < -0.4 is 36.6 Å². The molecule has 3 aliphatic heterocycles. The molecule has 0 bridgehead atoms. The van der Waals surface area contributed by atoms with Gasteiger partial charge in [-0.25, -0.2) is 9.78 Å². The second-order valence-corrected chi connectivity index (χ2v) is 10.8. The number of nitrogen functional groups attached to an aromatic ring is 1. The van der Waals surface area contributed by atoms with Crippen LogP contribution in [0.1, 0.15) is 55.1 Å². The van der Waals surface area contributed by atoms with Gasteiger partial charge in [-0.1, -0.05) is 17.9 Å². The fraction of sp³-hybridized carbons (Fsp3) is 0.433. The Balaban J connectivity index is 0.000000287. The summed E-state index contributed by atoms with van der Waals surface area (Å²) in [7, 11) is 1.61. The second kappa shape index (κ2) is 15.0. The van der Waals surface area contributed by atoms with Crippen LogP contribution in [0, 0.1) is 11.8 Å². The number of anilines is 2.